The van der Waals surface area contributed by atoms with Crippen LogP contribution in [0.25, 0.3) is 5.69 Å². The highest BCUT2D eigenvalue weighted by molar-refractivity contribution is 5.87. The molecule has 0 aliphatic carbocycles. The number of carboxylic acids is 1. The van der Waals surface area contributed by atoms with Crippen molar-refractivity contribution in [3.8, 4) is 5.69 Å². The van der Waals surface area contributed by atoms with Crippen molar-refractivity contribution in [2.75, 3.05) is 0 Å². The fourth-order valence-electron chi connectivity index (χ4n) is 1.55. The summed E-state index contributed by atoms with van der Waals surface area (Å²) < 4.78 is 1.39. The maximum Gasteiger partial charge on any atom is 0.390 e. The Balaban J connectivity index is 2.42. The van der Waals surface area contributed by atoms with E-state index < -0.39 is 10.9 Å². The molecule has 0 fully saturated rings. The largest absolute Gasteiger partial charge is 0.478 e. The molecule has 7 nitrogen and oxygen atoms in total. The quantitative estimate of drug-likeness (QED) is 0.658. The molecule has 0 saturated carbocycles. The summed E-state index contributed by atoms with van der Waals surface area (Å²) in [6.45, 7) is 1.69. The van der Waals surface area contributed by atoms with Gasteiger partial charge in [0.2, 0.25) is 0 Å². The average Bonchev–Trinajstić information content (AvgIpc) is 2.71. The smallest absolute Gasteiger partial charge is 0.390 e. The van der Waals surface area contributed by atoms with Gasteiger partial charge in [0.1, 0.15) is 0 Å². The van der Waals surface area contributed by atoms with Gasteiger partial charge in [0.25, 0.3) is 0 Å². The number of aryl methyl sites for hydroxylation is 1. The van der Waals surface area contributed by atoms with Crippen LogP contribution < -0.4 is 0 Å². The van der Waals surface area contributed by atoms with E-state index in [1.165, 1.54) is 22.9 Å². The molecular weight excluding hydrogens is 238 g/mol. The van der Waals surface area contributed by atoms with Crippen molar-refractivity contribution in [2.24, 2.45) is 0 Å². The van der Waals surface area contributed by atoms with Crippen molar-refractivity contribution in [1.82, 2.24) is 9.78 Å². The van der Waals surface area contributed by atoms with E-state index in [0.717, 1.165) is 0 Å². The second kappa shape index (κ2) is 4.28. The van der Waals surface area contributed by atoms with E-state index in [1.807, 2.05) is 0 Å². The number of hydrogen-bond acceptors (Lipinski definition) is 4. The molecule has 1 aromatic heterocycles. The van der Waals surface area contributed by atoms with Crippen molar-refractivity contribution < 1.29 is 14.8 Å². The van der Waals surface area contributed by atoms with E-state index in [2.05, 4.69) is 5.10 Å². The third-order valence-corrected chi connectivity index (χ3v) is 2.42. The van der Waals surface area contributed by atoms with Gasteiger partial charge in [-0.25, -0.2) is 4.79 Å². The molecule has 18 heavy (non-hydrogen) atoms. The van der Waals surface area contributed by atoms with E-state index in [1.54, 1.807) is 19.1 Å². The van der Waals surface area contributed by atoms with Crippen LogP contribution in [0.1, 0.15) is 16.1 Å². The van der Waals surface area contributed by atoms with E-state index in [-0.39, 0.29) is 11.4 Å². The lowest BCUT2D eigenvalue weighted by Gasteiger charge is -2.00. The Kier molecular flexibility index (Phi) is 2.80. The molecule has 2 rings (SSSR count). The summed E-state index contributed by atoms with van der Waals surface area (Å²) in [6.07, 6.45) is 0. The first-order valence-corrected chi connectivity index (χ1v) is 5.04. The van der Waals surface area contributed by atoms with Crippen molar-refractivity contribution >= 4 is 11.8 Å². The Bertz CT molecular complexity index is 616. The van der Waals surface area contributed by atoms with Gasteiger partial charge in [-0.15, -0.1) is 4.68 Å². The summed E-state index contributed by atoms with van der Waals surface area (Å²) in [5.74, 6) is -1.26. The van der Waals surface area contributed by atoms with Crippen LogP contribution in [0.5, 0.6) is 0 Å². The summed E-state index contributed by atoms with van der Waals surface area (Å²) in [7, 11) is 0. The third-order valence-electron chi connectivity index (χ3n) is 2.42. The molecule has 1 heterocycles. The SMILES string of the molecule is Cc1cc([N+](=O)[O-])nn1-c1ccc(C(=O)O)cc1. The fourth-order valence-corrected chi connectivity index (χ4v) is 1.55. The highest BCUT2D eigenvalue weighted by atomic mass is 16.6. The molecule has 0 aliphatic rings. The summed E-state index contributed by atoms with van der Waals surface area (Å²) >= 11 is 0. The van der Waals surface area contributed by atoms with Crippen LogP contribution in [0.2, 0.25) is 0 Å². The lowest BCUT2D eigenvalue weighted by Crippen LogP contribution is -2.01. The molecular formula is C11H9N3O4. The Morgan fingerprint density at radius 2 is 2.00 bits per heavy atom. The number of carbonyl (C=O) groups is 1. The van der Waals surface area contributed by atoms with Gasteiger partial charge in [-0.3, -0.25) is 0 Å². The molecule has 1 aromatic carbocycles. The Hall–Kier alpha value is -2.70. The molecule has 0 aliphatic heterocycles. The van der Waals surface area contributed by atoms with Crippen LogP contribution >= 0.6 is 0 Å². The van der Waals surface area contributed by atoms with E-state index >= 15 is 0 Å². The first-order valence-electron chi connectivity index (χ1n) is 5.04. The van der Waals surface area contributed by atoms with Crippen LogP contribution in [-0.4, -0.2) is 25.8 Å². The minimum atomic E-state index is -1.02. The molecule has 2 aromatic rings. The zero-order chi connectivity index (χ0) is 13.3. The van der Waals surface area contributed by atoms with Gasteiger partial charge in [0.15, 0.2) is 0 Å². The molecule has 1 N–H and O–H groups in total. The topological polar surface area (TPSA) is 98.3 Å². The highest BCUT2D eigenvalue weighted by Gasteiger charge is 2.16. The number of aromatic nitrogens is 2. The first kappa shape index (κ1) is 11.8. The first-order chi connectivity index (χ1) is 8.49. The second-order valence-electron chi connectivity index (χ2n) is 3.66. The summed E-state index contributed by atoms with van der Waals surface area (Å²) in [5.41, 5.74) is 1.33. The van der Waals surface area contributed by atoms with Crippen LogP contribution in [0.3, 0.4) is 0 Å². The van der Waals surface area contributed by atoms with Gasteiger partial charge in [-0.1, -0.05) is 0 Å². The molecule has 0 amide bonds. The molecule has 0 saturated heterocycles. The normalized spacial score (nSPS) is 10.3. The van der Waals surface area contributed by atoms with Crippen LogP contribution in [0.4, 0.5) is 5.82 Å². The monoisotopic (exact) mass is 247 g/mol. The zero-order valence-corrected chi connectivity index (χ0v) is 9.40. The van der Waals surface area contributed by atoms with Gasteiger partial charge in [-0.05, 0) is 36.1 Å². The number of nitro groups is 1. The van der Waals surface area contributed by atoms with Crippen LogP contribution in [0, 0.1) is 17.0 Å². The molecule has 92 valence electrons. The summed E-state index contributed by atoms with van der Waals surface area (Å²) in [5, 5.41) is 23.2. The van der Waals surface area contributed by atoms with Gasteiger partial charge in [-0.2, -0.15) is 0 Å². The predicted molar refractivity (Wildman–Crippen MR) is 61.9 cm³/mol. The molecule has 0 unspecified atom stereocenters. The van der Waals surface area contributed by atoms with Crippen molar-refractivity contribution in [3.05, 3.63) is 51.7 Å². The van der Waals surface area contributed by atoms with Crippen LogP contribution in [-0.2, 0) is 0 Å². The van der Waals surface area contributed by atoms with Gasteiger partial charge in [0, 0.05) is 0 Å². The number of benzene rings is 1. The fraction of sp³-hybridized carbons (Fsp3) is 0.0909. The van der Waals surface area contributed by atoms with Crippen LogP contribution in [0.15, 0.2) is 30.3 Å². The Labute approximate surface area is 101 Å². The lowest BCUT2D eigenvalue weighted by molar-refractivity contribution is -0.389. The third kappa shape index (κ3) is 2.05. The summed E-state index contributed by atoms with van der Waals surface area (Å²) in [4.78, 5) is 20.7. The van der Waals surface area contributed by atoms with E-state index in [4.69, 9.17) is 5.11 Å². The van der Waals surface area contributed by atoms with Gasteiger partial charge < -0.3 is 15.2 Å². The number of aromatic carboxylic acids is 1. The standard InChI is InChI=1S/C11H9N3O4/c1-7-6-10(14(17)18)12-13(7)9-4-2-8(3-5-9)11(15)16/h2-6H,1H3,(H,15,16). The minimum absolute atomic E-state index is 0.151. The summed E-state index contributed by atoms with van der Waals surface area (Å²) in [6, 6.07) is 7.29. The molecule has 0 bridgehead atoms. The molecule has 7 heteroatoms. The lowest BCUT2D eigenvalue weighted by atomic mass is 10.2. The predicted octanol–water partition coefficient (Wildman–Crippen LogP) is 1.79. The number of carboxylic acid groups (broad SMARTS) is 1. The highest BCUT2D eigenvalue weighted by Crippen LogP contribution is 2.17. The maximum absolute atomic E-state index is 10.7. The van der Waals surface area contributed by atoms with E-state index in [0.29, 0.717) is 11.4 Å². The second-order valence-corrected chi connectivity index (χ2v) is 3.66. The van der Waals surface area contributed by atoms with Crippen molar-refractivity contribution in [1.29, 1.82) is 0 Å². The minimum Gasteiger partial charge on any atom is -0.478 e. The number of nitrogens with zero attached hydrogens (tertiary/aromatic N) is 3. The number of rotatable bonds is 3. The van der Waals surface area contributed by atoms with E-state index in [9.17, 15) is 14.9 Å². The Morgan fingerprint density at radius 1 is 1.39 bits per heavy atom. The zero-order valence-electron chi connectivity index (χ0n) is 9.40. The van der Waals surface area contributed by atoms with Gasteiger partial charge in [0.05, 0.1) is 28.1 Å². The molecule has 0 radical (unpaired) electrons. The van der Waals surface area contributed by atoms with Crippen molar-refractivity contribution in [3.63, 3.8) is 0 Å². The van der Waals surface area contributed by atoms with Gasteiger partial charge >= 0.3 is 11.8 Å². The maximum atomic E-state index is 10.7. The number of hydrogen-bond donors (Lipinski definition) is 1. The molecule has 0 spiro atoms. The van der Waals surface area contributed by atoms with Crippen molar-refractivity contribution in [2.45, 2.75) is 6.92 Å². The molecule has 0 atom stereocenters. The Morgan fingerprint density at radius 3 is 2.44 bits per heavy atom. The average molecular weight is 247 g/mol.